The van der Waals surface area contributed by atoms with Crippen LogP contribution in [0.25, 0.3) is 6.08 Å². The Balaban J connectivity index is 1.63. The van der Waals surface area contributed by atoms with Gasteiger partial charge in [-0.3, -0.25) is 10.1 Å². The van der Waals surface area contributed by atoms with Gasteiger partial charge in [-0.15, -0.1) is 0 Å². The van der Waals surface area contributed by atoms with Crippen LogP contribution in [0.5, 0.6) is 5.75 Å². The zero-order chi connectivity index (χ0) is 22.7. The van der Waals surface area contributed by atoms with Crippen molar-refractivity contribution in [2.24, 2.45) is 4.99 Å². The van der Waals surface area contributed by atoms with Crippen molar-refractivity contribution in [3.05, 3.63) is 110 Å². The van der Waals surface area contributed by atoms with E-state index in [0.717, 1.165) is 5.56 Å². The summed E-state index contributed by atoms with van der Waals surface area (Å²) in [6.07, 6.45) is 1.56. The highest BCUT2D eigenvalue weighted by Gasteiger charge is 2.27. The van der Waals surface area contributed by atoms with Gasteiger partial charge in [-0.25, -0.2) is 9.79 Å². The molecule has 0 saturated carbocycles. The molecule has 0 aromatic heterocycles. The van der Waals surface area contributed by atoms with Crippen LogP contribution in [0.1, 0.15) is 22.3 Å². The zero-order valence-electron chi connectivity index (χ0n) is 16.9. The normalized spacial score (nSPS) is 14.2. The van der Waals surface area contributed by atoms with Crippen LogP contribution in [0.4, 0.5) is 5.69 Å². The molecule has 0 N–H and O–H groups in total. The summed E-state index contributed by atoms with van der Waals surface area (Å²) in [4.78, 5) is 27.4. The highest BCUT2D eigenvalue weighted by atomic mass is 35.5. The van der Waals surface area contributed by atoms with Crippen molar-refractivity contribution in [3.8, 4) is 5.75 Å². The fourth-order valence-electron chi connectivity index (χ4n) is 3.23. The second-order valence-corrected chi connectivity index (χ2v) is 7.37. The first-order valence-electron chi connectivity index (χ1n) is 9.66. The minimum absolute atomic E-state index is 0.0249. The summed E-state index contributed by atoms with van der Waals surface area (Å²) in [6, 6.07) is 19.1. The number of cyclic esters (lactones) is 1. The number of nitro benzene ring substituents is 1. The number of benzene rings is 3. The van der Waals surface area contributed by atoms with Gasteiger partial charge in [0.1, 0.15) is 12.4 Å². The van der Waals surface area contributed by atoms with Crippen LogP contribution in [0.3, 0.4) is 0 Å². The second kappa shape index (κ2) is 9.03. The monoisotopic (exact) mass is 448 g/mol. The quantitative estimate of drug-likeness (QED) is 0.215. The second-order valence-electron chi connectivity index (χ2n) is 6.96. The first-order chi connectivity index (χ1) is 15.4. The van der Waals surface area contributed by atoms with Crippen LogP contribution in [-0.2, 0) is 16.1 Å². The Hall–Kier alpha value is -3.97. The van der Waals surface area contributed by atoms with Gasteiger partial charge in [0.15, 0.2) is 5.70 Å². The molecule has 1 heterocycles. The average molecular weight is 449 g/mol. The van der Waals surface area contributed by atoms with Crippen molar-refractivity contribution in [2.75, 3.05) is 0 Å². The molecule has 0 fully saturated rings. The maximum absolute atomic E-state index is 12.4. The summed E-state index contributed by atoms with van der Waals surface area (Å²) in [5, 5.41) is 11.8. The van der Waals surface area contributed by atoms with Crippen LogP contribution < -0.4 is 4.74 Å². The lowest BCUT2D eigenvalue weighted by molar-refractivity contribution is -0.385. The van der Waals surface area contributed by atoms with Crippen LogP contribution in [0, 0.1) is 17.0 Å². The lowest BCUT2D eigenvalue weighted by Crippen LogP contribution is -2.08. The summed E-state index contributed by atoms with van der Waals surface area (Å²) in [6.45, 7) is 1.84. The van der Waals surface area contributed by atoms with Gasteiger partial charge in [-0.1, -0.05) is 54.1 Å². The van der Waals surface area contributed by atoms with E-state index in [2.05, 4.69) is 4.99 Å². The molecular weight excluding hydrogens is 432 g/mol. The largest absolute Gasteiger partial charge is 0.488 e. The van der Waals surface area contributed by atoms with Gasteiger partial charge in [0, 0.05) is 33.3 Å². The van der Waals surface area contributed by atoms with E-state index in [-0.39, 0.29) is 23.9 Å². The number of carbonyl (C=O) groups excluding carboxylic acids is 1. The minimum Gasteiger partial charge on any atom is -0.488 e. The Bertz CT molecular complexity index is 1280. The van der Waals surface area contributed by atoms with E-state index >= 15 is 0 Å². The van der Waals surface area contributed by atoms with Gasteiger partial charge in [0.2, 0.25) is 5.90 Å². The van der Waals surface area contributed by atoms with Gasteiger partial charge >= 0.3 is 5.97 Å². The number of rotatable bonds is 6. The Morgan fingerprint density at radius 2 is 1.84 bits per heavy atom. The van der Waals surface area contributed by atoms with Crippen molar-refractivity contribution in [1.82, 2.24) is 0 Å². The van der Waals surface area contributed by atoms with Gasteiger partial charge in [-0.05, 0) is 31.2 Å². The number of nitro groups is 1. The molecule has 1 aliphatic heterocycles. The molecule has 32 heavy (non-hydrogen) atoms. The molecule has 8 heteroatoms. The van der Waals surface area contributed by atoms with E-state index in [1.54, 1.807) is 37.3 Å². The Labute approximate surface area is 188 Å². The molecule has 0 atom stereocenters. The fraction of sp³-hybridized carbons (Fsp3) is 0.0833. The van der Waals surface area contributed by atoms with Crippen molar-refractivity contribution < 1.29 is 19.2 Å². The molecule has 1 aliphatic rings. The fourth-order valence-corrected chi connectivity index (χ4v) is 3.42. The minimum atomic E-state index is -0.646. The smallest absolute Gasteiger partial charge is 0.363 e. The molecule has 160 valence electrons. The predicted molar refractivity (Wildman–Crippen MR) is 121 cm³/mol. The number of halogens is 1. The molecule has 7 nitrogen and oxygen atoms in total. The molecule has 0 aliphatic carbocycles. The maximum atomic E-state index is 12.4. The highest BCUT2D eigenvalue weighted by Crippen LogP contribution is 2.28. The standard InChI is InChI=1S/C24H17ClN2O5/c1-15-18(9-6-11-21(15)27(29)30)23-26-20(24(28)32-23)13-16-7-3-5-12-22(16)31-14-17-8-2-4-10-19(17)25/h2-13H,14H2,1H3/b20-13-. The molecule has 4 rings (SSSR count). The van der Waals surface area contributed by atoms with E-state index in [1.165, 1.54) is 12.1 Å². The molecule has 0 spiro atoms. The van der Waals surface area contributed by atoms with Crippen LogP contribution in [0.2, 0.25) is 5.02 Å². The first-order valence-corrected chi connectivity index (χ1v) is 10.0. The lowest BCUT2D eigenvalue weighted by Gasteiger charge is -2.10. The third kappa shape index (κ3) is 4.38. The van der Waals surface area contributed by atoms with E-state index < -0.39 is 10.9 Å². The Kier molecular flexibility index (Phi) is 6.00. The molecule has 0 bridgehead atoms. The molecule has 3 aromatic rings. The van der Waals surface area contributed by atoms with Crippen LogP contribution in [0.15, 0.2) is 77.4 Å². The molecule has 3 aromatic carbocycles. The van der Waals surface area contributed by atoms with Gasteiger partial charge in [0.05, 0.1) is 4.92 Å². The first kappa shape index (κ1) is 21.3. The summed E-state index contributed by atoms with van der Waals surface area (Å²) < 4.78 is 11.2. The zero-order valence-corrected chi connectivity index (χ0v) is 17.7. The van der Waals surface area contributed by atoms with E-state index in [1.807, 2.05) is 30.3 Å². The highest BCUT2D eigenvalue weighted by molar-refractivity contribution is 6.31. The molecule has 0 saturated heterocycles. The number of hydrogen-bond donors (Lipinski definition) is 0. The predicted octanol–water partition coefficient (Wildman–Crippen LogP) is 5.48. The summed E-state index contributed by atoms with van der Waals surface area (Å²) in [5.41, 5.74) is 2.22. The molecular formula is C24H17ClN2O5. The third-order valence-corrected chi connectivity index (χ3v) is 5.27. The number of esters is 1. The maximum Gasteiger partial charge on any atom is 0.363 e. The van der Waals surface area contributed by atoms with Crippen LogP contribution >= 0.6 is 11.6 Å². The van der Waals surface area contributed by atoms with Gasteiger partial charge in [-0.2, -0.15) is 0 Å². The molecule has 0 radical (unpaired) electrons. The molecule has 0 unspecified atom stereocenters. The molecule has 0 amide bonds. The summed E-state index contributed by atoms with van der Waals surface area (Å²) >= 11 is 6.19. The van der Waals surface area contributed by atoms with Gasteiger partial charge < -0.3 is 9.47 Å². The number of carbonyl (C=O) groups is 1. The van der Waals surface area contributed by atoms with E-state index in [4.69, 9.17) is 21.1 Å². The SMILES string of the molecule is Cc1c(C2=N/C(=C\c3ccccc3OCc3ccccc3Cl)C(=O)O2)cccc1[N+](=O)[O-]. The Morgan fingerprint density at radius 3 is 2.62 bits per heavy atom. The van der Waals surface area contributed by atoms with E-state index in [9.17, 15) is 14.9 Å². The van der Waals surface area contributed by atoms with E-state index in [0.29, 0.717) is 27.5 Å². The third-order valence-electron chi connectivity index (χ3n) is 4.91. The van der Waals surface area contributed by atoms with Crippen molar-refractivity contribution in [2.45, 2.75) is 13.5 Å². The number of nitrogens with zero attached hydrogens (tertiary/aromatic N) is 2. The Morgan fingerprint density at radius 1 is 1.09 bits per heavy atom. The lowest BCUT2D eigenvalue weighted by atomic mass is 10.1. The van der Waals surface area contributed by atoms with Crippen LogP contribution in [-0.4, -0.2) is 16.8 Å². The number of aliphatic imine (C=N–C) groups is 1. The number of hydrogen-bond acceptors (Lipinski definition) is 6. The topological polar surface area (TPSA) is 91.0 Å². The summed E-state index contributed by atoms with van der Waals surface area (Å²) in [5.74, 6) is -0.0772. The number of para-hydroxylation sites is 1. The van der Waals surface area contributed by atoms with Crippen molar-refractivity contribution in [3.63, 3.8) is 0 Å². The average Bonchev–Trinajstić information content (AvgIpc) is 3.14. The van der Waals surface area contributed by atoms with Crippen molar-refractivity contribution in [1.29, 1.82) is 0 Å². The van der Waals surface area contributed by atoms with Crippen molar-refractivity contribution >= 4 is 35.2 Å². The summed E-state index contributed by atoms with van der Waals surface area (Å²) in [7, 11) is 0. The van der Waals surface area contributed by atoms with Gasteiger partial charge in [0.25, 0.3) is 5.69 Å². The number of ether oxygens (including phenoxy) is 2.